The lowest BCUT2D eigenvalue weighted by molar-refractivity contribution is -0.274. The molecule has 0 aliphatic heterocycles. The van der Waals surface area contributed by atoms with Crippen molar-refractivity contribution in [3.8, 4) is 23.0 Å². The summed E-state index contributed by atoms with van der Waals surface area (Å²) in [5.74, 6) is -0.488. The lowest BCUT2D eigenvalue weighted by Gasteiger charge is -2.16. The minimum absolute atomic E-state index is 0.0500. The molecule has 0 amide bonds. The van der Waals surface area contributed by atoms with Gasteiger partial charge in [0.15, 0.2) is 6.10 Å². The predicted molar refractivity (Wildman–Crippen MR) is 147 cm³/mol. The van der Waals surface area contributed by atoms with Gasteiger partial charge in [-0.05, 0) is 61.9 Å². The number of ether oxygens (including phenoxy) is 4. The first-order chi connectivity index (χ1) is 19.3. The van der Waals surface area contributed by atoms with E-state index in [0.717, 1.165) is 0 Å². The average Bonchev–Trinajstić information content (AvgIpc) is 3.18. The van der Waals surface area contributed by atoms with E-state index < -0.39 is 24.2 Å². The van der Waals surface area contributed by atoms with E-state index in [1.165, 1.54) is 51.5 Å². The van der Waals surface area contributed by atoms with Crippen LogP contribution in [0.2, 0.25) is 5.02 Å². The molecule has 3 aromatic carbocycles. The summed E-state index contributed by atoms with van der Waals surface area (Å²) in [5.41, 5.74) is 1.94. The molecule has 0 spiro atoms. The van der Waals surface area contributed by atoms with Crippen molar-refractivity contribution in [2.75, 3.05) is 14.2 Å². The zero-order chi connectivity index (χ0) is 30.1. The van der Waals surface area contributed by atoms with Crippen LogP contribution in [-0.4, -0.2) is 48.0 Å². The van der Waals surface area contributed by atoms with Crippen LogP contribution in [0.15, 0.2) is 54.6 Å². The lowest BCUT2D eigenvalue weighted by atomic mass is 9.98. The third kappa shape index (κ3) is 6.35. The summed E-state index contributed by atoms with van der Waals surface area (Å²) in [4.78, 5) is 11.8. The number of alkyl halides is 3. The van der Waals surface area contributed by atoms with Gasteiger partial charge in [-0.1, -0.05) is 11.6 Å². The Morgan fingerprint density at radius 2 is 1.73 bits per heavy atom. The molecule has 0 saturated heterocycles. The van der Waals surface area contributed by atoms with Crippen molar-refractivity contribution in [2.24, 2.45) is 0 Å². The molecule has 41 heavy (non-hydrogen) atoms. The Hall–Kier alpha value is -4.38. The van der Waals surface area contributed by atoms with Gasteiger partial charge >= 0.3 is 12.3 Å². The maximum atomic E-state index is 13.0. The molecule has 12 heteroatoms. The standard InChI is InChI=1S/C29H26ClF3N2O6/c1-15-26(27(34)22-9-5-18(38-3)13-25(22)36)21-8-6-20(41-29(31,32)33)12-24(21)35(15)14-17-11-19(7-10-23(17)30)40-16(2)28(37)39-4/h5-13,16,34,36H,14H2,1-4H3/t16-/m1/s1. The molecule has 1 atom stereocenters. The van der Waals surface area contributed by atoms with Crippen LogP contribution in [-0.2, 0) is 16.1 Å². The van der Waals surface area contributed by atoms with Crippen LogP contribution < -0.4 is 14.2 Å². The number of esters is 1. The Balaban J connectivity index is 1.84. The maximum Gasteiger partial charge on any atom is 0.573 e. The molecule has 1 aromatic heterocycles. The highest BCUT2D eigenvalue weighted by Gasteiger charge is 2.32. The van der Waals surface area contributed by atoms with Crippen molar-refractivity contribution < 1.29 is 42.0 Å². The Kier molecular flexibility index (Phi) is 8.39. The summed E-state index contributed by atoms with van der Waals surface area (Å²) in [7, 11) is 2.69. The quantitative estimate of drug-likeness (QED) is 0.168. The SMILES string of the molecule is COC(=O)[C@@H](C)Oc1ccc(Cl)c(Cn2c(C)c(C(=N)c3ccc(OC)cc3O)c3ccc(OC(F)(F)F)cc32)c1. The molecule has 2 N–H and O–H groups in total. The van der Waals surface area contributed by atoms with E-state index in [1.54, 1.807) is 35.8 Å². The number of halogens is 4. The van der Waals surface area contributed by atoms with Gasteiger partial charge in [0.2, 0.25) is 0 Å². The van der Waals surface area contributed by atoms with Gasteiger partial charge in [0.05, 0.1) is 25.4 Å². The highest BCUT2D eigenvalue weighted by Crippen LogP contribution is 2.36. The third-order valence-electron chi connectivity index (χ3n) is 6.45. The molecule has 0 aliphatic carbocycles. The van der Waals surface area contributed by atoms with Crippen molar-refractivity contribution in [3.63, 3.8) is 0 Å². The average molecular weight is 591 g/mol. The first-order valence-corrected chi connectivity index (χ1v) is 12.6. The van der Waals surface area contributed by atoms with Gasteiger partial charge in [-0.15, -0.1) is 13.2 Å². The van der Waals surface area contributed by atoms with Gasteiger partial charge in [0, 0.05) is 45.9 Å². The van der Waals surface area contributed by atoms with E-state index in [2.05, 4.69) is 4.74 Å². The van der Waals surface area contributed by atoms with Crippen molar-refractivity contribution in [2.45, 2.75) is 32.9 Å². The van der Waals surface area contributed by atoms with E-state index in [-0.39, 0.29) is 23.6 Å². The molecule has 8 nitrogen and oxygen atoms in total. The summed E-state index contributed by atoms with van der Waals surface area (Å²) in [6.45, 7) is 3.31. The first kappa shape index (κ1) is 29.6. The molecule has 1 heterocycles. The molecule has 0 bridgehead atoms. The largest absolute Gasteiger partial charge is 0.573 e. The zero-order valence-electron chi connectivity index (χ0n) is 22.4. The van der Waals surface area contributed by atoms with E-state index in [4.69, 9.17) is 31.2 Å². The fraction of sp³-hybridized carbons (Fsp3) is 0.241. The minimum Gasteiger partial charge on any atom is -0.507 e. The molecule has 0 unspecified atom stereocenters. The second-order valence-electron chi connectivity index (χ2n) is 9.07. The van der Waals surface area contributed by atoms with Crippen LogP contribution in [0.25, 0.3) is 10.9 Å². The number of aromatic hydroxyl groups is 1. The second-order valence-corrected chi connectivity index (χ2v) is 9.48. The molecule has 4 aromatic rings. The summed E-state index contributed by atoms with van der Waals surface area (Å²) in [6.07, 6.45) is -5.80. The number of benzene rings is 3. The van der Waals surface area contributed by atoms with E-state index in [0.29, 0.717) is 44.2 Å². The van der Waals surface area contributed by atoms with Crippen LogP contribution in [0.3, 0.4) is 0 Å². The lowest BCUT2D eigenvalue weighted by Crippen LogP contribution is -2.24. The number of nitrogens with zero attached hydrogens (tertiary/aromatic N) is 1. The number of hydrogen-bond donors (Lipinski definition) is 2. The minimum atomic E-state index is -4.91. The number of methoxy groups -OCH3 is 2. The maximum absolute atomic E-state index is 13.0. The number of fused-ring (bicyclic) bond motifs is 1. The molecule has 0 aliphatic rings. The molecule has 0 fully saturated rings. The van der Waals surface area contributed by atoms with Gasteiger partial charge in [-0.3, -0.25) is 5.41 Å². The Labute approximate surface area is 238 Å². The van der Waals surface area contributed by atoms with Crippen molar-refractivity contribution in [3.05, 3.63) is 82.0 Å². The van der Waals surface area contributed by atoms with Crippen LogP contribution >= 0.6 is 11.6 Å². The Morgan fingerprint density at radius 3 is 2.37 bits per heavy atom. The fourth-order valence-corrected chi connectivity index (χ4v) is 4.67. The number of nitrogens with one attached hydrogen (secondary N) is 1. The summed E-state index contributed by atoms with van der Waals surface area (Å²) >= 11 is 6.49. The highest BCUT2D eigenvalue weighted by atomic mass is 35.5. The Morgan fingerprint density at radius 1 is 1.05 bits per heavy atom. The third-order valence-corrected chi connectivity index (χ3v) is 6.81. The number of hydrogen-bond acceptors (Lipinski definition) is 7. The van der Waals surface area contributed by atoms with Crippen LogP contribution in [0.4, 0.5) is 13.2 Å². The number of aromatic nitrogens is 1. The number of phenolic OH excluding ortho intramolecular Hbond substituents is 1. The van der Waals surface area contributed by atoms with Gasteiger partial charge in [-0.2, -0.15) is 0 Å². The molecule has 0 radical (unpaired) electrons. The normalized spacial score (nSPS) is 12.2. The van der Waals surface area contributed by atoms with Gasteiger partial charge < -0.3 is 28.6 Å². The monoisotopic (exact) mass is 590 g/mol. The highest BCUT2D eigenvalue weighted by molar-refractivity contribution is 6.31. The number of carbonyl (C=O) groups excluding carboxylic acids is 1. The van der Waals surface area contributed by atoms with Crippen LogP contribution in [0.5, 0.6) is 23.0 Å². The van der Waals surface area contributed by atoms with E-state index >= 15 is 0 Å². The smallest absolute Gasteiger partial charge is 0.507 e. The van der Waals surface area contributed by atoms with Gasteiger partial charge in [-0.25, -0.2) is 4.79 Å². The zero-order valence-corrected chi connectivity index (χ0v) is 23.2. The number of phenols is 1. The second kappa shape index (κ2) is 11.6. The topological polar surface area (TPSA) is 103 Å². The summed E-state index contributed by atoms with van der Waals surface area (Å²) in [6, 6.07) is 13.1. The van der Waals surface area contributed by atoms with Gasteiger partial charge in [0.1, 0.15) is 23.0 Å². The predicted octanol–water partition coefficient (Wildman–Crippen LogP) is 6.62. The van der Waals surface area contributed by atoms with Crippen molar-refractivity contribution >= 4 is 34.2 Å². The molecule has 216 valence electrons. The summed E-state index contributed by atoms with van der Waals surface area (Å²) in [5, 5.41) is 20.3. The van der Waals surface area contributed by atoms with Gasteiger partial charge in [0.25, 0.3) is 0 Å². The van der Waals surface area contributed by atoms with Crippen LogP contribution in [0, 0.1) is 12.3 Å². The van der Waals surface area contributed by atoms with E-state index in [1.807, 2.05) is 0 Å². The van der Waals surface area contributed by atoms with Crippen molar-refractivity contribution in [1.29, 1.82) is 5.41 Å². The Bertz CT molecular complexity index is 1630. The summed E-state index contributed by atoms with van der Waals surface area (Å²) < 4.78 is 60.5. The van der Waals surface area contributed by atoms with Crippen molar-refractivity contribution in [1.82, 2.24) is 4.57 Å². The van der Waals surface area contributed by atoms with E-state index in [9.17, 15) is 23.1 Å². The molecular weight excluding hydrogens is 565 g/mol. The first-order valence-electron chi connectivity index (χ1n) is 12.2. The molecular formula is C29H26ClF3N2O6. The number of rotatable bonds is 9. The number of carbonyl (C=O) groups is 1. The van der Waals surface area contributed by atoms with Crippen LogP contribution in [0.1, 0.15) is 29.3 Å². The molecule has 0 saturated carbocycles. The molecule has 4 rings (SSSR count). The fourth-order valence-electron chi connectivity index (χ4n) is 4.49.